The van der Waals surface area contributed by atoms with Gasteiger partial charge in [-0.25, -0.2) is 4.98 Å². The summed E-state index contributed by atoms with van der Waals surface area (Å²) in [5.41, 5.74) is 6.40. The first-order valence-electron chi connectivity index (χ1n) is 10.5. The van der Waals surface area contributed by atoms with Gasteiger partial charge in [0.05, 0.1) is 5.69 Å². The number of hydrogen-bond acceptors (Lipinski definition) is 3. The number of rotatable bonds is 3. The van der Waals surface area contributed by atoms with Crippen LogP contribution in [-0.4, -0.2) is 11.1 Å². The average Bonchev–Trinajstić information content (AvgIpc) is 3.10. The molecule has 146 valence electrons. The van der Waals surface area contributed by atoms with Crippen molar-refractivity contribution in [2.45, 2.75) is 38.8 Å². The molecule has 0 fully saturated rings. The quantitative estimate of drug-likeness (QED) is 0.468. The lowest BCUT2D eigenvalue weighted by Crippen LogP contribution is -2.48. The molecular weight excluding hydrogens is 354 g/mol. The number of fused-ring (bicyclic) bond motifs is 5. The Morgan fingerprint density at radius 1 is 0.897 bits per heavy atom. The van der Waals surface area contributed by atoms with Gasteiger partial charge in [0.1, 0.15) is 6.17 Å². The lowest BCUT2D eigenvalue weighted by Gasteiger charge is -2.45. The average molecular weight is 382 g/mol. The van der Waals surface area contributed by atoms with Gasteiger partial charge in [0.2, 0.25) is 0 Å². The first-order valence-corrected chi connectivity index (χ1v) is 10.5. The summed E-state index contributed by atoms with van der Waals surface area (Å²) in [4.78, 5) is 9.78. The van der Waals surface area contributed by atoms with E-state index in [0.717, 1.165) is 5.82 Å². The van der Waals surface area contributed by atoms with Gasteiger partial charge < -0.3 is 9.80 Å². The summed E-state index contributed by atoms with van der Waals surface area (Å²) in [7, 11) is 0. The minimum Gasteiger partial charge on any atom is -0.316 e. The number of nitrogens with zero attached hydrogens (tertiary/aromatic N) is 3. The van der Waals surface area contributed by atoms with E-state index in [1.54, 1.807) is 0 Å². The summed E-state index contributed by atoms with van der Waals surface area (Å²) >= 11 is 0. The number of aromatic nitrogens is 1. The first kappa shape index (κ1) is 18.0. The van der Waals surface area contributed by atoms with Gasteiger partial charge >= 0.3 is 0 Å². The standard InChI is InChI=1S/C26H27N3/c1-5-19-18(4)26-28(22-13-8-6-11-20(22)17(2)3)24-15-10-16-27-25(24)29(26)23-14-9-7-12-21(19)23/h5-19,26H,1H2,2-4H3. The molecule has 3 heteroatoms. The highest BCUT2D eigenvalue weighted by Gasteiger charge is 2.48. The molecule has 0 radical (unpaired) electrons. The lowest BCUT2D eigenvalue weighted by molar-refractivity contribution is 0.409. The molecule has 29 heavy (non-hydrogen) atoms. The Morgan fingerprint density at radius 2 is 1.59 bits per heavy atom. The fraction of sp³-hybridized carbons (Fsp3) is 0.269. The van der Waals surface area contributed by atoms with Crippen molar-refractivity contribution in [1.29, 1.82) is 0 Å². The van der Waals surface area contributed by atoms with Gasteiger partial charge in [0, 0.05) is 29.4 Å². The Hall–Kier alpha value is -3.07. The second kappa shape index (κ2) is 6.77. The largest absolute Gasteiger partial charge is 0.316 e. The lowest BCUT2D eigenvalue weighted by atomic mass is 9.80. The summed E-state index contributed by atoms with van der Waals surface area (Å²) in [5.74, 6) is 2.15. The van der Waals surface area contributed by atoms with Crippen LogP contribution in [0.15, 0.2) is 79.5 Å². The van der Waals surface area contributed by atoms with E-state index in [4.69, 9.17) is 4.98 Å². The summed E-state index contributed by atoms with van der Waals surface area (Å²) in [6.07, 6.45) is 4.18. The Labute approximate surface area is 173 Å². The molecule has 1 aromatic heterocycles. The number of allylic oxidation sites excluding steroid dienone is 1. The molecule has 0 amide bonds. The van der Waals surface area contributed by atoms with Crippen LogP contribution in [0.4, 0.5) is 22.9 Å². The third kappa shape index (κ3) is 2.53. The summed E-state index contributed by atoms with van der Waals surface area (Å²) in [6, 6.07) is 21.8. The molecule has 0 bridgehead atoms. The van der Waals surface area contributed by atoms with Crippen molar-refractivity contribution in [2.75, 3.05) is 9.80 Å². The van der Waals surface area contributed by atoms with Crippen molar-refractivity contribution in [2.24, 2.45) is 5.92 Å². The molecule has 5 rings (SSSR count). The van der Waals surface area contributed by atoms with E-state index in [-0.39, 0.29) is 6.17 Å². The van der Waals surface area contributed by atoms with E-state index in [2.05, 4.69) is 97.8 Å². The van der Waals surface area contributed by atoms with E-state index >= 15 is 0 Å². The number of hydrogen-bond donors (Lipinski definition) is 0. The smallest absolute Gasteiger partial charge is 0.158 e. The van der Waals surface area contributed by atoms with Crippen molar-refractivity contribution in [3.05, 3.63) is 90.6 Å². The summed E-state index contributed by atoms with van der Waals surface area (Å²) in [5, 5.41) is 0. The third-order valence-corrected chi connectivity index (χ3v) is 6.45. The van der Waals surface area contributed by atoms with Crippen LogP contribution in [0.1, 0.15) is 43.7 Å². The molecule has 0 saturated heterocycles. The van der Waals surface area contributed by atoms with Crippen LogP contribution in [0.5, 0.6) is 0 Å². The highest BCUT2D eigenvalue weighted by Crippen LogP contribution is 2.55. The zero-order chi connectivity index (χ0) is 20.1. The Morgan fingerprint density at radius 3 is 2.34 bits per heavy atom. The van der Waals surface area contributed by atoms with Gasteiger partial charge in [-0.2, -0.15) is 0 Å². The predicted molar refractivity (Wildman–Crippen MR) is 121 cm³/mol. The maximum Gasteiger partial charge on any atom is 0.158 e. The van der Waals surface area contributed by atoms with Gasteiger partial charge in [-0.3, -0.25) is 0 Å². The highest BCUT2D eigenvalue weighted by molar-refractivity contribution is 5.88. The molecule has 0 aliphatic carbocycles. The maximum atomic E-state index is 4.84. The van der Waals surface area contributed by atoms with Gasteiger partial charge in [-0.1, -0.05) is 63.2 Å². The van der Waals surface area contributed by atoms with Gasteiger partial charge in [-0.15, -0.1) is 6.58 Å². The van der Waals surface area contributed by atoms with E-state index in [1.807, 2.05) is 12.3 Å². The van der Waals surface area contributed by atoms with Crippen molar-refractivity contribution < 1.29 is 0 Å². The molecule has 0 saturated carbocycles. The zero-order valence-electron chi connectivity index (χ0n) is 17.3. The molecule has 2 aromatic carbocycles. The molecule has 0 N–H and O–H groups in total. The molecule has 2 aliphatic rings. The number of pyridine rings is 1. The van der Waals surface area contributed by atoms with E-state index in [9.17, 15) is 0 Å². The Bertz CT molecular complexity index is 1070. The molecule has 3 unspecified atom stereocenters. The maximum absolute atomic E-state index is 4.84. The van der Waals surface area contributed by atoms with Crippen LogP contribution in [0, 0.1) is 5.92 Å². The number of benzene rings is 2. The van der Waals surface area contributed by atoms with Gasteiger partial charge in [0.25, 0.3) is 0 Å². The van der Waals surface area contributed by atoms with Crippen molar-refractivity contribution in [3.8, 4) is 0 Å². The zero-order valence-corrected chi connectivity index (χ0v) is 17.3. The van der Waals surface area contributed by atoms with E-state index < -0.39 is 0 Å². The third-order valence-electron chi connectivity index (χ3n) is 6.45. The molecule has 3 atom stereocenters. The van der Waals surface area contributed by atoms with Crippen LogP contribution in [-0.2, 0) is 0 Å². The first-order chi connectivity index (χ1) is 14.1. The number of para-hydroxylation sites is 2. The second-order valence-corrected chi connectivity index (χ2v) is 8.39. The fourth-order valence-corrected chi connectivity index (χ4v) is 5.14. The Kier molecular flexibility index (Phi) is 4.20. The molecule has 3 aromatic rings. The molecule has 2 aliphatic heterocycles. The molecule has 3 heterocycles. The summed E-state index contributed by atoms with van der Waals surface area (Å²) < 4.78 is 0. The monoisotopic (exact) mass is 381 g/mol. The van der Waals surface area contributed by atoms with Crippen LogP contribution in [0.3, 0.4) is 0 Å². The van der Waals surface area contributed by atoms with E-state index in [0.29, 0.717) is 17.8 Å². The predicted octanol–water partition coefficient (Wildman–Crippen LogP) is 6.74. The van der Waals surface area contributed by atoms with Crippen LogP contribution >= 0.6 is 0 Å². The highest BCUT2D eigenvalue weighted by atomic mass is 15.5. The van der Waals surface area contributed by atoms with Crippen LogP contribution in [0.2, 0.25) is 0 Å². The van der Waals surface area contributed by atoms with Crippen molar-refractivity contribution in [3.63, 3.8) is 0 Å². The van der Waals surface area contributed by atoms with E-state index in [1.165, 1.54) is 28.2 Å². The molecule has 0 spiro atoms. The Balaban J connectivity index is 1.78. The van der Waals surface area contributed by atoms with Gasteiger partial charge in [-0.05, 0) is 41.3 Å². The number of anilines is 4. The fourth-order valence-electron chi connectivity index (χ4n) is 5.14. The minimum atomic E-state index is 0.165. The SMILES string of the molecule is C=CC1c2ccccc2N2c3ncccc3N(c3ccccc3C(C)C)C2C1C. The van der Waals surface area contributed by atoms with Crippen LogP contribution in [0.25, 0.3) is 0 Å². The molecular formula is C26H27N3. The topological polar surface area (TPSA) is 19.4 Å². The normalized spacial score (nSPS) is 22.3. The second-order valence-electron chi connectivity index (χ2n) is 8.39. The molecule has 3 nitrogen and oxygen atoms in total. The van der Waals surface area contributed by atoms with Crippen molar-refractivity contribution >= 4 is 22.9 Å². The minimum absolute atomic E-state index is 0.165. The summed E-state index contributed by atoms with van der Waals surface area (Å²) in [6.45, 7) is 11.1. The van der Waals surface area contributed by atoms with Crippen LogP contribution < -0.4 is 9.80 Å². The van der Waals surface area contributed by atoms with Crippen molar-refractivity contribution in [1.82, 2.24) is 4.98 Å². The van der Waals surface area contributed by atoms with Gasteiger partial charge in [0.15, 0.2) is 5.82 Å².